The summed E-state index contributed by atoms with van der Waals surface area (Å²) in [6, 6.07) is 7.93. The van der Waals surface area contributed by atoms with Crippen LogP contribution < -0.4 is 10.6 Å². The summed E-state index contributed by atoms with van der Waals surface area (Å²) in [5.74, 6) is -1.77. The Morgan fingerprint density at radius 2 is 1.74 bits per heavy atom. The van der Waals surface area contributed by atoms with E-state index < -0.39 is 28.3 Å². The number of nitrogens with one attached hydrogen (secondary N) is 2. The molecular formula is C28H41N3O6S. The van der Waals surface area contributed by atoms with E-state index in [4.69, 9.17) is 9.47 Å². The average Bonchev–Trinajstić information content (AvgIpc) is 3.61. The van der Waals surface area contributed by atoms with Crippen LogP contribution in [-0.2, 0) is 35.1 Å². The minimum atomic E-state index is -0.903. The van der Waals surface area contributed by atoms with E-state index >= 15 is 0 Å². The number of hydrogen-bond acceptors (Lipinski definition) is 8. The Balaban J connectivity index is 1.65. The van der Waals surface area contributed by atoms with Crippen molar-refractivity contribution in [3.63, 3.8) is 0 Å². The lowest BCUT2D eigenvalue weighted by molar-refractivity contribution is -0.134. The first-order valence-corrected chi connectivity index (χ1v) is 13.7. The van der Waals surface area contributed by atoms with Crippen molar-refractivity contribution < 1.29 is 28.7 Å². The normalized spacial score (nSPS) is 22.1. The van der Waals surface area contributed by atoms with E-state index in [1.165, 1.54) is 0 Å². The van der Waals surface area contributed by atoms with Crippen LogP contribution in [0.5, 0.6) is 0 Å². The zero-order chi connectivity index (χ0) is 27.9. The van der Waals surface area contributed by atoms with Crippen molar-refractivity contribution >= 4 is 36.0 Å². The van der Waals surface area contributed by atoms with Gasteiger partial charge in [0.15, 0.2) is 11.6 Å². The first-order chi connectivity index (χ1) is 17.9. The Morgan fingerprint density at radius 1 is 1.11 bits per heavy atom. The maximum atomic E-state index is 13.5. The highest BCUT2D eigenvalue weighted by molar-refractivity contribution is 7.81. The van der Waals surface area contributed by atoms with Gasteiger partial charge in [0.1, 0.15) is 5.60 Å². The number of hydrogen-bond donors (Lipinski definition) is 3. The van der Waals surface area contributed by atoms with Crippen molar-refractivity contribution in [2.24, 2.45) is 5.92 Å². The van der Waals surface area contributed by atoms with Crippen molar-refractivity contribution in [3.05, 3.63) is 35.9 Å². The van der Waals surface area contributed by atoms with E-state index in [1.807, 2.05) is 49.1 Å². The molecule has 10 heteroatoms. The van der Waals surface area contributed by atoms with Gasteiger partial charge in [0.05, 0.1) is 38.4 Å². The number of amides is 2. The third kappa shape index (κ3) is 9.48. The summed E-state index contributed by atoms with van der Waals surface area (Å²) in [6.45, 7) is 10.1. The number of ketones is 2. The minimum Gasteiger partial charge on any atom is -0.379 e. The molecule has 0 radical (unpaired) electrons. The summed E-state index contributed by atoms with van der Waals surface area (Å²) in [5.41, 5.74) is 0.00861. The predicted molar refractivity (Wildman–Crippen MR) is 147 cm³/mol. The Hall–Kier alpha value is -2.27. The van der Waals surface area contributed by atoms with Crippen molar-refractivity contribution in [3.8, 4) is 0 Å². The number of carbonyl (C=O) groups is 4. The molecule has 1 aromatic rings. The number of morpholine rings is 1. The lowest BCUT2D eigenvalue weighted by Gasteiger charge is -2.28. The van der Waals surface area contributed by atoms with Gasteiger partial charge in [-0.3, -0.25) is 24.1 Å². The second-order valence-electron chi connectivity index (χ2n) is 11.2. The summed E-state index contributed by atoms with van der Waals surface area (Å²) < 4.78 is 10.1. The molecule has 2 amide bonds. The zero-order valence-electron chi connectivity index (χ0n) is 22.8. The van der Waals surface area contributed by atoms with Gasteiger partial charge in [-0.25, -0.2) is 0 Å². The van der Waals surface area contributed by atoms with Crippen LogP contribution in [0.15, 0.2) is 30.3 Å². The number of carbonyl (C=O) groups excluding carboxylic acids is 4. The zero-order valence-corrected chi connectivity index (χ0v) is 23.7. The topological polar surface area (TPSA) is 117 Å². The number of Topliss-reactive ketones (excluding diaryl/α,β-unsaturated/α-hetero) is 2. The smallest absolute Gasteiger partial charge is 0.234 e. The fourth-order valence-corrected chi connectivity index (χ4v) is 4.80. The van der Waals surface area contributed by atoms with Crippen LogP contribution in [0, 0.1) is 5.92 Å². The van der Waals surface area contributed by atoms with E-state index in [0.29, 0.717) is 45.8 Å². The van der Waals surface area contributed by atoms with Gasteiger partial charge in [0.2, 0.25) is 11.8 Å². The first-order valence-electron chi connectivity index (χ1n) is 13.2. The molecule has 2 aliphatic rings. The third-order valence-electron chi connectivity index (χ3n) is 6.91. The molecule has 4 unspecified atom stereocenters. The standard InChI is InChI=1S/C28H41N3O6S/c1-19(29-24(33)17-31-10-12-36-13-11-31)23(32)15-21(16-27(2,3)38)26(35)30-22(25(34)28(4)18-37-28)14-20-8-6-5-7-9-20/h5-9,19,21-22,38H,10-18H2,1-4H3,(H,29,33)(H,30,35). The molecule has 3 rings (SSSR count). The average molecular weight is 548 g/mol. The number of ether oxygens (including phenoxy) is 2. The van der Waals surface area contributed by atoms with E-state index in [2.05, 4.69) is 23.3 Å². The second-order valence-corrected chi connectivity index (χ2v) is 12.4. The fourth-order valence-electron chi connectivity index (χ4n) is 4.58. The molecule has 2 aliphatic heterocycles. The summed E-state index contributed by atoms with van der Waals surface area (Å²) in [4.78, 5) is 54.3. The van der Waals surface area contributed by atoms with Crippen LogP contribution in [0.4, 0.5) is 0 Å². The molecule has 2 heterocycles. The molecule has 0 spiro atoms. The highest BCUT2D eigenvalue weighted by Crippen LogP contribution is 2.30. The minimum absolute atomic E-state index is 0.0746. The largest absolute Gasteiger partial charge is 0.379 e. The molecule has 38 heavy (non-hydrogen) atoms. The van der Waals surface area contributed by atoms with Gasteiger partial charge in [0.25, 0.3) is 0 Å². The number of epoxide rings is 1. The van der Waals surface area contributed by atoms with E-state index in [9.17, 15) is 19.2 Å². The third-order valence-corrected chi connectivity index (χ3v) is 7.09. The van der Waals surface area contributed by atoms with Crippen LogP contribution in [0.3, 0.4) is 0 Å². The molecule has 1 aromatic carbocycles. The summed E-state index contributed by atoms with van der Waals surface area (Å²) >= 11 is 4.60. The fraction of sp³-hybridized carbons (Fsp3) is 0.643. The Morgan fingerprint density at radius 3 is 2.32 bits per heavy atom. The highest BCUT2D eigenvalue weighted by Gasteiger charge is 2.50. The molecule has 4 atom stereocenters. The summed E-state index contributed by atoms with van der Waals surface area (Å²) in [7, 11) is 0. The van der Waals surface area contributed by atoms with E-state index in [1.54, 1.807) is 13.8 Å². The van der Waals surface area contributed by atoms with Crippen LogP contribution in [0.1, 0.15) is 46.1 Å². The molecular weight excluding hydrogens is 506 g/mol. The Labute approximate surface area is 230 Å². The molecule has 2 N–H and O–H groups in total. The lowest BCUT2D eigenvalue weighted by atomic mass is 9.88. The van der Waals surface area contributed by atoms with E-state index in [-0.39, 0.29) is 36.3 Å². The van der Waals surface area contributed by atoms with Crippen molar-refractivity contribution in [2.75, 3.05) is 39.5 Å². The number of thiol groups is 1. The van der Waals surface area contributed by atoms with Gasteiger partial charge in [-0.2, -0.15) is 12.6 Å². The first kappa shape index (κ1) is 30.3. The molecule has 0 aliphatic carbocycles. The quantitative estimate of drug-likeness (QED) is 0.239. The predicted octanol–water partition coefficient (Wildman–Crippen LogP) is 1.58. The molecule has 0 saturated carbocycles. The van der Waals surface area contributed by atoms with Crippen molar-refractivity contribution in [2.45, 2.75) is 69.4 Å². The maximum Gasteiger partial charge on any atom is 0.234 e. The highest BCUT2D eigenvalue weighted by atomic mass is 32.1. The molecule has 2 saturated heterocycles. The van der Waals surface area contributed by atoms with Gasteiger partial charge < -0.3 is 20.1 Å². The van der Waals surface area contributed by atoms with Crippen molar-refractivity contribution in [1.29, 1.82) is 0 Å². The summed E-state index contributed by atoms with van der Waals surface area (Å²) in [6.07, 6.45) is 0.570. The monoisotopic (exact) mass is 547 g/mol. The van der Waals surface area contributed by atoms with Gasteiger partial charge in [0, 0.05) is 30.2 Å². The summed E-state index contributed by atoms with van der Waals surface area (Å²) in [5, 5.41) is 5.67. The molecule has 9 nitrogen and oxygen atoms in total. The number of rotatable bonds is 14. The van der Waals surface area contributed by atoms with Crippen molar-refractivity contribution in [1.82, 2.24) is 15.5 Å². The molecule has 210 valence electrons. The second kappa shape index (κ2) is 13.2. The van der Waals surface area contributed by atoms with Gasteiger partial charge in [-0.1, -0.05) is 44.2 Å². The lowest BCUT2D eigenvalue weighted by Crippen LogP contribution is -2.50. The Bertz CT molecular complexity index is 986. The van der Waals surface area contributed by atoms with Gasteiger partial charge in [-0.15, -0.1) is 0 Å². The van der Waals surface area contributed by atoms with E-state index in [0.717, 1.165) is 5.56 Å². The molecule has 0 bridgehead atoms. The number of nitrogens with zero attached hydrogens (tertiary/aromatic N) is 1. The van der Waals surface area contributed by atoms with Gasteiger partial charge >= 0.3 is 0 Å². The van der Waals surface area contributed by atoms with Crippen LogP contribution in [0.2, 0.25) is 0 Å². The van der Waals surface area contributed by atoms with Crippen LogP contribution in [0.25, 0.3) is 0 Å². The van der Waals surface area contributed by atoms with Crippen LogP contribution >= 0.6 is 12.6 Å². The number of benzene rings is 1. The molecule has 2 fully saturated rings. The van der Waals surface area contributed by atoms with Gasteiger partial charge in [-0.05, 0) is 32.3 Å². The van der Waals surface area contributed by atoms with Crippen LogP contribution in [-0.4, -0.2) is 90.2 Å². The maximum absolute atomic E-state index is 13.5. The SMILES string of the molecule is CC(NC(=O)CN1CCOCC1)C(=O)CC(CC(C)(C)S)C(=O)NC(Cc1ccccc1)C(=O)C1(C)CO1. The Kier molecular flexibility index (Phi) is 10.5. The molecule has 0 aromatic heterocycles.